The minimum Gasteiger partial charge on any atom is -0.466 e. The number of aliphatic hydroxyl groups is 2. The van der Waals surface area contributed by atoms with Crippen LogP contribution in [0.2, 0.25) is 0 Å². The first-order valence-electron chi connectivity index (χ1n) is 34.8. The molecule has 0 rings (SSSR count). The zero-order valence-electron chi connectivity index (χ0n) is 52.0. The Bertz CT molecular complexity index is 1250. The lowest BCUT2D eigenvalue weighted by atomic mass is 10.0. The van der Waals surface area contributed by atoms with Crippen LogP contribution in [0.1, 0.15) is 380 Å². The van der Waals surface area contributed by atoms with E-state index in [2.05, 4.69) is 43.5 Å². The monoisotopic (exact) mass is 1080 g/mol. The van der Waals surface area contributed by atoms with Crippen molar-refractivity contribution in [1.82, 2.24) is 5.32 Å². The van der Waals surface area contributed by atoms with Crippen molar-refractivity contribution >= 4 is 11.9 Å². The van der Waals surface area contributed by atoms with Crippen LogP contribution >= 0.6 is 0 Å². The van der Waals surface area contributed by atoms with Crippen molar-refractivity contribution < 1.29 is 24.5 Å². The van der Waals surface area contributed by atoms with E-state index in [0.29, 0.717) is 19.4 Å². The summed E-state index contributed by atoms with van der Waals surface area (Å²) in [6.45, 7) is 4.93. The Kier molecular flexibility index (Phi) is 64.9. The van der Waals surface area contributed by atoms with Gasteiger partial charge in [-0.2, -0.15) is 0 Å². The molecule has 0 aliphatic carbocycles. The second-order valence-electron chi connectivity index (χ2n) is 23.9. The lowest BCUT2D eigenvalue weighted by Crippen LogP contribution is -2.45. The summed E-state index contributed by atoms with van der Waals surface area (Å²) in [5.41, 5.74) is 0. The Morgan fingerprint density at radius 3 is 0.922 bits per heavy atom. The fourth-order valence-electron chi connectivity index (χ4n) is 10.8. The SMILES string of the molecule is CCCCCCCCC/C=C\CCCCCCCC(=O)OCCCCCCCCCCCCCC/C=C\CCCCCCCCCCCC(=O)NC(CO)C(O)/C=C/CCCCCCCCCCCCCCCCCCC. The summed E-state index contributed by atoms with van der Waals surface area (Å²) in [5, 5.41) is 23.2. The van der Waals surface area contributed by atoms with Gasteiger partial charge in [-0.05, 0) is 83.5 Å². The lowest BCUT2D eigenvalue weighted by Gasteiger charge is -2.20. The Morgan fingerprint density at radius 1 is 0.351 bits per heavy atom. The van der Waals surface area contributed by atoms with Gasteiger partial charge in [0.05, 0.1) is 25.4 Å². The van der Waals surface area contributed by atoms with Crippen LogP contribution in [-0.2, 0) is 14.3 Å². The lowest BCUT2D eigenvalue weighted by molar-refractivity contribution is -0.143. The van der Waals surface area contributed by atoms with E-state index in [1.54, 1.807) is 6.08 Å². The number of unbranched alkanes of at least 4 members (excludes halogenated alkanes) is 50. The van der Waals surface area contributed by atoms with Crippen LogP contribution in [0.3, 0.4) is 0 Å². The van der Waals surface area contributed by atoms with Gasteiger partial charge in [0.15, 0.2) is 0 Å². The van der Waals surface area contributed by atoms with Gasteiger partial charge in [0, 0.05) is 12.8 Å². The van der Waals surface area contributed by atoms with Crippen LogP contribution in [-0.4, -0.2) is 47.4 Å². The topological polar surface area (TPSA) is 95.9 Å². The number of hydrogen-bond acceptors (Lipinski definition) is 5. The molecule has 2 unspecified atom stereocenters. The van der Waals surface area contributed by atoms with Gasteiger partial charge in [0.1, 0.15) is 0 Å². The van der Waals surface area contributed by atoms with Gasteiger partial charge < -0.3 is 20.3 Å². The highest BCUT2D eigenvalue weighted by Gasteiger charge is 2.18. The minimum absolute atomic E-state index is 0.00606. The predicted molar refractivity (Wildman–Crippen MR) is 338 cm³/mol. The van der Waals surface area contributed by atoms with Gasteiger partial charge in [-0.3, -0.25) is 9.59 Å². The summed E-state index contributed by atoms with van der Waals surface area (Å²) >= 11 is 0. The second-order valence-corrected chi connectivity index (χ2v) is 23.9. The highest BCUT2D eigenvalue weighted by molar-refractivity contribution is 5.76. The Balaban J connectivity index is 3.42. The van der Waals surface area contributed by atoms with Gasteiger partial charge in [-0.25, -0.2) is 0 Å². The molecule has 1 amide bonds. The molecule has 0 aliphatic rings. The van der Waals surface area contributed by atoms with Crippen molar-refractivity contribution in [2.24, 2.45) is 0 Å². The Hall–Kier alpha value is -1.92. The van der Waals surface area contributed by atoms with Gasteiger partial charge in [0.2, 0.25) is 5.91 Å². The van der Waals surface area contributed by atoms with Crippen LogP contribution < -0.4 is 5.32 Å². The number of esters is 1. The molecule has 77 heavy (non-hydrogen) atoms. The van der Waals surface area contributed by atoms with Crippen molar-refractivity contribution in [3.63, 3.8) is 0 Å². The molecule has 0 aliphatic heterocycles. The molecule has 6 heteroatoms. The van der Waals surface area contributed by atoms with E-state index < -0.39 is 12.1 Å². The quantitative estimate of drug-likeness (QED) is 0.0320. The number of aliphatic hydroxyl groups excluding tert-OH is 2. The maximum absolute atomic E-state index is 12.5. The molecule has 0 aromatic carbocycles. The second kappa shape index (κ2) is 66.6. The molecule has 454 valence electrons. The molecule has 0 spiro atoms. The summed E-state index contributed by atoms with van der Waals surface area (Å²) in [5.74, 6) is -0.0621. The fraction of sp³-hybridized carbons (Fsp3) is 0.887. The van der Waals surface area contributed by atoms with E-state index in [1.807, 2.05) is 6.08 Å². The van der Waals surface area contributed by atoms with E-state index in [0.717, 1.165) is 44.9 Å². The Morgan fingerprint density at radius 2 is 0.610 bits per heavy atom. The number of amides is 1. The van der Waals surface area contributed by atoms with E-state index >= 15 is 0 Å². The standard InChI is InChI=1S/C71H135NO5/c1-3-5-7-9-11-13-15-17-19-21-29-32-35-39-43-47-51-55-59-63-69(74)68(67-73)72-70(75)64-60-56-52-48-44-40-36-33-30-27-25-23-22-24-26-28-31-34-38-42-46-50-54-58-62-66-77-71(76)65-61-57-53-49-45-41-37-20-18-16-14-12-10-8-6-4-2/h20,23,25,37,59,63,68-69,73-74H,3-19,21-22,24,26-36,38-58,60-62,64-67H2,1-2H3,(H,72,75)/b25-23-,37-20-,63-59+. The third-order valence-electron chi connectivity index (χ3n) is 16.1. The molecule has 0 aromatic rings. The van der Waals surface area contributed by atoms with Crippen molar-refractivity contribution in [1.29, 1.82) is 0 Å². The molecule has 0 saturated heterocycles. The average molecular weight is 1080 g/mol. The molecule has 0 bridgehead atoms. The normalized spacial score (nSPS) is 12.7. The van der Waals surface area contributed by atoms with Gasteiger partial charge in [0.25, 0.3) is 0 Å². The summed E-state index contributed by atoms with van der Waals surface area (Å²) in [7, 11) is 0. The van der Waals surface area contributed by atoms with Crippen molar-refractivity contribution in [2.45, 2.75) is 392 Å². The Labute approximate surface area is 481 Å². The number of hydrogen-bond donors (Lipinski definition) is 3. The highest BCUT2D eigenvalue weighted by atomic mass is 16.5. The van der Waals surface area contributed by atoms with Crippen LogP contribution in [0.5, 0.6) is 0 Å². The van der Waals surface area contributed by atoms with Crippen molar-refractivity contribution in [3.05, 3.63) is 36.5 Å². The molecule has 6 nitrogen and oxygen atoms in total. The molecule has 3 N–H and O–H groups in total. The first-order valence-corrected chi connectivity index (χ1v) is 34.8. The smallest absolute Gasteiger partial charge is 0.305 e. The molecular formula is C71H135NO5. The van der Waals surface area contributed by atoms with Gasteiger partial charge >= 0.3 is 5.97 Å². The average Bonchev–Trinajstić information content (AvgIpc) is 3.43. The number of nitrogens with one attached hydrogen (secondary N) is 1. The minimum atomic E-state index is -0.847. The predicted octanol–water partition coefficient (Wildman–Crippen LogP) is 22.3. The number of rotatable bonds is 65. The van der Waals surface area contributed by atoms with Crippen LogP contribution in [0.4, 0.5) is 0 Å². The van der Waals surface area contributed by atoms with Crippen LogP contribution in [0.15, 0.2) is 36.5 Å². The van der Waals surface area contributed by atoms with Crippen molar-refractivity contribution in [3.8, 4) is 0 Å². The molecule has 0 aromatic heterocycles. The molecule has 0 radical (unpaired) electrons. The fourth-order valence-corrected chi connectivity index (χ4v) is 10.8. The highest BCUT2D eigenvalue weighted by Crippen LogP contribution is 2.18. The van der Waals surface area contributed by atoms with Crippen LogP contribution in [0.25, 0.3) is 0 Å². The maximum atomic E-state index is 12.5. The summed E-state index contributed by atoms with van der Waals surface area (Å²) in [6, 6.07) is -0.631. The van der Waals surface area contributed by atoms with E-state index in [-0.39, 0.29) is 18.5 Å². The van der Waals surface area contributed by atoms with Gasteiger partial charge in [-0.15, -0.1) is 0 Å². The number of ether oxygens (including phenoxy) is 1. The summed E-state index contributed by atoms with van der Waals surface area (Å²) in [4.78, 5) is 24.6. The number of carbonyl (C=O) groups excluding carboxylic acids is 2. The maximum Gasteiger partial charge on any atom is 0.305 e. The largest absolute Gasteiger partial charge is 0.466 e. The third kappa shape index (κ3) is 63.1. The first-order chi connectivity index (χ1) is 38.0. The number of carbonyl (C=O) groups is 2. The number of allylic oxidation sites excluding steroid dienone is 5. The summed E-state index contributed by atoms with van der Waals surface area (Å²) < 4.78 is 5.49. The molecule has 0 heterocycles. The zero-order chi connectivity index (χ0) is 55.7. The molecule has 0 fully saturated rings. The first kappa shape index (κ1) is 75.1. The molecule has 0 saturated carbocycles. The van der Waals surface area contributed by atoms with Crippen LogP contribution in [0, 0.1) is 0 Å². The van der Waals surface area contributed by atoms with Crippen molar-refractivity contribution in [2.75, 3.05) is 13.2 Å². The summed E-state index contributed by atoms with van der Waals surface area (Å²) in [6.07, 6.45) is 85.0. The van der Waals surface area contributed by atoms with E-state index in [1.165, 1.54) is 308 Å². The van der Waals surface area contributed by atoms with Gasteiger partial charge in [-0.1, -0.05) is 320 Å². The molecular weight excluding hydrogens is 947 g/mol. The van der Waals surface area contributed by atoms with E-state index in [4.69, 9.17) is 4.74 Å². The zero-order valence-corrected chi connectivity index (χ0v) is 52.0. The molecule has 2 atom stereocenters. The van der Waals surface area contributed by atoms with E-state index in [9.17, 15) is 19.8 Å². The third-order valence-corrected chi connectivity index (χ3v) is 16.1.